The zero-order valence-electron chi connectivity index (χ0n) is 13.0. The van der Waals surface area contributed by atoms with E-state index in [1.165, 1.54) is 36.7 Å². The number of benzene rings is 1. The van der Waals surface area contributed by atoms with Gasteiger partial charge in [-0.2, -0.15) is 5.26 Å². The molecular formula is C18H18N2O2S. The summed E-state index contributed by atoms with van der Waals surface area (Å²) in [7, 11) is 0. The largest absolute Gasteiger partial charge is 0.422 e. The first-order valence-electron chi connectivity index (χ1n) is 7.70. The quantitative estimate of drug-likeness (QED) is 0.801. The zero-order chi connectivity index (χ0) is 16.2. The van der Waals surface area contributed by atoms with Crippen LogP contribution in [0, 0.1) is 11.3 Å². The SMILES string of the molecule is CSc1cc(-c2ccc(N3CCCCC3)cc2)oc(=O)c1C#N. The number of hydrogen-bond donors (Lipinski definition) is 0. The van der Waals surface area contributed by atoms with Crippen LogP contribution in [0.5, 0.6) is 0 Å². The molecule has 1 aromatic heterocycles. The molecule has 2 heterocycles. The molecule has 0 radical (unpaired) electrons. The van der Waals surface area contributed by atoms with Gasteiger partial charge in [0, 0.05) is 29.2 Å². The zero-order valence-corrected chi connectivity index (χ0v) is 13.9. The lowest BCUT2D eigenvalue weighted by molar-refractivity contribution is 0.518. The smallest absolute Gasteiger partial charge is 0.355 e. The lowest BCUT2D eigenvalue weighted by atomic mass is 10.1. The van der Waals surface area contributed by atoms with E-state index in [1.54, 1.807) is 6.07 Å². The molecule has 1 aliphatic rings. The predicted octanol–water partition coefficient (Wildman–Crippen LogP) is 3.89. The first kappa shape index (κ1) is 15.7. The number of nitriles is 1. The molecule has 1 saturated heterocycles. The maximum Gasteiger partial charge on any atom is 0.355 e. The van der Waals surface area contributed by atoms with E-state index in [4.69, 9.17) is 9.68 Å². The van der Waals surface area contributed by atoms with E-state index < -0.39 is 5.63 Å². The van der Waals surface area contributed by atoms with Gasteiger partial charge in [-0.05, 0) is 55.9 Å². The van der Waals surface area contributed by atoms with E-state index in [-0.39, 0.29) is 5.56 Å². The summed E-state index contributed by atoms with van der Waals surface area (Å²) in [5, 5.41) is 9.04. The molecule has 0 amide bonds. The second-order valence-corrected chi connectivity index (χ2v) is 6.40. The van der Waals surface area contributed by atoms with Gasteiger partial charge in [-0.25, -0.2) is 4.79 Å². The number of anilines is 1. The molecule has 118 valence electrons. The van der Waals surface area contributed by atoms with Crippen LogP contribution in [0.15, 0.2) is 44.4 Å². The number of rotatable bonds is 3. The van der Waals surface area contributed by atoms with Crippen molar-refractivity contribution in [2.45, 2.75) is 24.2 Å². The highest BCUT2D eigenvalue weighted by Gasteiger charge is 2.14. The van der Waals surface area contributed by atoms with Crippen molar-refractivity contribution in [1.82, 2.24) is 0 Å². The molecule has 0 unspecified atom stereocenters. The lowest BCUT2D eigenvalue weighted by Gasteiger charge is -2.28. The van der Waals surface area contributed by atoms with Crippen molar-refractivity contribution in [3.8, 4) is 17.4 Å². The Balaban J connectivity index is 1.92. The third-order valence-electron chi connectivity index (χ3n) is 4.12. The summed E-state index contributed by atoms with van der Waals surface area (Å²) in [6, 6.07) is 11.8. The average molecular weight is 326 g/mol. The Labute approximate surface area is 139 Å². The summed E-state index contributed by atoms with van der Waals surface area (Å²) in [6.07, 6.45) is 5.63. The monoisotopic (exact) mass is 326 g/mol. The normalized spacial score (nSPS) is 14.5. The highest BCUT2D eigenvalue weighted by molar-refractivity contribution is 7.98. The molecule has 0 N–H and O–H groups in total. The first-order chi connectivity index (χ1) is 11.2. The minimum atomic E-state index is -0.575. The minimum absolute atomic E-state index is 0.0752. The Bertz CT molecular complexity index is 784. The van der Waals surface area contributed by atoms with Crippen LogP contribution >= 0.6 is 11.8 Å². The first-order valence-corrected chi connectivity index (χ1v) is 8.93. The van der Waals surface area contributed by atoms with Crippen LogP contribution in [-0.2, 0) is 0 Å². The molecule has 1 aliphatic heterocycles. The molecule has 0 spiro atoms. The van der Waals surface area contributed by atoms with Crippen LogP contribution in [0.25, 0.3) is 11.3 Å². The fourth-order valence-electron chi connectivity index (χ4n) is 2.86. The van der Waals surface area contributed by atoms with Gasteiger partial charge in [0.1, 0.15) is 11.8 Å². The van der Waals surface area contributed by atoms with Crippen molar-refractivity contribution in [3.05, 3.63) is 46.3 Å². The topological polar surface area (TPSA) is 57.2 Å². The summed E-state index contributed by atoms with van der Waals surface area (Å²) in [6.45, 7) is 2.20. The Morgan fingerprint density at radius 1 is 1.17 bits per heavy atom. The highest BCUT2D eigenvalue weighted by atomic mass is 32.2. The molecule has 1 aromatic carbocycles. The molecule has 0 aliphatic carbocycles. The maximum absolute atomic E-state index is 11.9. The minimum Gasteiger partial charge on any atom is -0.422 e. The molecule has 0 bridgehead atoms. The second kappa shape index (κ2) is 6.93. The van der Waals surface area contributed by atoms with Crippen LogP contribution in [-0.4, -0.2) is 19.3 Å². The van der Waals surface area contributed by atoms with E-state index in [0.29, 0.717) is 10.7 Å². The van der Waals surface area contributed by atoms with Gasteiger partial charge >= 0.3 is 5.63 Å². The van der Waals surface area contributed by atoms with E-state index in [2.05, 4.69) is 17.0 Å². The van der Waals surface area contributed by atoms with Gasteiger partial charge in [0.25, 0.3) is 0 Å². The molecule has 0 saturated carbocycles. The van der Waals surface area contributed by atoms with Gasteiger partial charge in [-0.15, -0.1) is 11.8 Å². The van der Waals surface area contributed by atoms with Crippen molar-refractivity contribution in [2.75, 3.05) is 24.2 Å². The molecule has 0 atom stereocenters. The van der Waals surface area contributed by atoms with Gasteiger partial charge < -0.3 is 9.32 Å². The van der Waals surface area contributed by atoms with Gasteiger partial charge in [0.15, 0.2) is 5.56 Å². The molecular weight excluding hydrogens is 308 g/mol. The van der Waals surface area contributed by atoms with Crippen LogP contribution in [0.2, 0.25) is 0 Å². The number of nitrogens with zero attached hydrogens (tertiary/aromatic N) is 2. The van der Waals surface area contributed by atoms with Crippen molar-refractivity contribution in [3.63, 3.8) is 0 Å². The van der Waals surface area contributed by atoms with Crippen LogP contribution in [0.1, 0.15) is 24.8 Å². The fraction of sp³-hybridized carbons (Fsp3) is 0.333. The molecule has 3 rings (SSSR count). The summed E-state index contributed by atoms with van der Waals surface area (Å²) in [5.41, 5.74) is 1.55. The number of piperidine rings is 1. The average Bonchev–Trinajstić information content (AvgIpc) is 2.62. The summed E-state index contributed by atoms with van der Waals surface area (Å²) < 4.78 is 5.31. The van der Waals surface area contributed by atoms with Crippen LogP contribution in [0.3, 0.4) is 0 Å². The summed E-state index contributed by atoms with van der Waals surface area (Å²) in [5.74, 6) is 0.503. The fourth-order valence-corrected chi connectivity index (χ4v) is 3.42. The maximum atomic E-state index is 11.9. The predicted molar refractivity (Wildman–Crippen MR) is 93.0 cm³/mol. The second-order valence-electron chi connectivity index (χ2n) is 5.55. The van der Waals surface area contributed by atoms with Crippen molar-refractivity contribution >= 4 is 17.4 Å². The standard InChI is InChI=1S/C18H18N2O2S/c1-23-17-11-16(22-18(21)15(17)12-19)13-5-7-14(8-6-13)20-9-3-2-4-10-20/h5-8,11H,2-4,9-10H2,1H3. The van der Waals surface area contributed by atoms with Crippen molar-refractivity contribution in [1.29, 1.82) is 5.26 Å². The lowest BCUT2D eigenvalue weighted by Crippen LogP contribution is -2.29. The van der Waals surface area contributed by atoms with Gasteiger partial charge in [0.05, 0.1) is 0 Å². The van der Waals surface area contributed by atoms with E-state index in [0.717, 1.165) is 18.7 Å². The Hall–Kier alpha value is -2.19. The molecule has 23 heavy (non-hydrogen) atoms. The van der Waals surface area contributed by atoms with Gasteiger partial charge in [-0.3, -0.25) is 0 Å². The number of hydrogen-bond acceptors (Lipinski definition) is 5. The van der Waals surface area contributed by atoms with E-state index in [1.807, 2.05) is 24.5 Å². The Morgan fingerprint density at radius 3 is 2.48 bits per heavy atom. The number of thioether (sulfide) groups is 1. The molecule has 4 nitrogen and oxygen atoms in total. The van der Waals surface area contributed by atoms with Gasteiger partial charge in [0.2, 0.25) is 0 Å². The van der Waals surface area contributed by atoms with Crippen molar-refractivity contribution < 1.29 is 4.42 Å². The molecule has 5 heteroatoms. The Morgan fingerprint density at radius 2 is 1.87 bits per heavy atom. The van der Waals surface area contributed by atoms with Crippen LogP contribution < -0.4 is 10.5 Å². The van der Waals surface area contributed by atoms with E-state index in [9.17, 15) is 4.79 Å². The Kier molecular flexibility index (Phi) is 4.73. The van der Waals surface area contributed by atoms with Gasteiger partial charge in [-0.1, -0.05) is 0 Å². The van der Waals surface area contributed by atoms with Crippen LogP contribution in [0.4, 0.5) is 5.69 Å². The highest BCUT2D eigenvalue weighted by Crippen LogP contribution is 2.28. The summed E-state index contributed by atoms with van der Waals surface area (Å²) in [4.78, 5) is 15.0. The molecule has 2 aromatic rings. The van der Waals surface area contributed by atoms with E-state index >= 15 is 0 Å². The third-order valence-corrected chi connectivity index (χ3v) is 4.88. The summed E-state index contributed by atoms with van der Waals surface area (Å²) >= 11 is 1.38. The molecule has 1 fully saturated rings. The van der Waals surface area contributed by atoms with Crippen molar-refractivity contribution in [2.24, 2.45) is 0 Å². The third kappa shape index (κ3) is 3.27.